The number of hydroxylamine groups is 1. The molecule has 3 amide bonds. The Labute approximate surface area is 219 Å². The quantitative estimate of drug-likeness (QED) is 0.229. The Morgan fingerprint density at radius 3 is 2.32 bits per heavy atom. The maximum absolute atomic E-state index is 13.3. The summed E-state index contributed by atoms with van der Waals surface area (Å²) in [6.07, 6.45) is 12.2. The van der Waals surface area contributed by atoms with Gasteiger partial charge in [0.05, 0.1) is 0 Å². The van der Waals surface area contributed by atoms with Crippen molar-refractivity contribution < 1.29 is 19.6 Å². The number of nitrogens with zero attached hydrogens (tertiary/aromatic N) is 1. The van der Waals surface area contributed by atoms with Gasteiger partial charge in [0.25, 0.3) is 0 Å². The summed E-state index contributed by atoms with van der Waals surface area (Å²) in [5.74, 6) is -1.36. The van der Waals surface area contributed by atoms with E-state index in [1.165, 1.54) is 6.42 Å². The van der Waals surface area contributed by atoms with Crippen molar-refractivity contribution in [1.29, 1.82) is 0 Å². The fraction of sp³-hybridized carbons (Fsp3) is 0.517. The maximum Gasteiger partial charge on any atom is 0.244 e. The molecule has 3 rings (SSSR count). The van der Waals surface area contributed by atoms with Crippen LogP contribution in [0, 0.1) is 11.8 Å². The summed E-state index contributed by atoms with van der Waals surface area (Å²) in [4.78, 5) is 42.5. The van der Waals surface area contributed by atoms with E-state index < -0.39 is 17.9 Å². The molecule has 0 radical (unpaired) electrons. The molecule has 1 fully saturated rings. The molecule has 200 valence electrons. The smallest absolute Gasteiger partial charge is 0.244 e. The minimum Gasteiger partial charge on any atom is -0.354 e. The third-order valence-corrected chi connectivity index (χ3v) is 7.18. The average molecular weight is 509 g/mol. The Balaban J connectivity index is 1.61. The van der Waals surface area contributed by atoms with Gasteiger partial charge in [0.2, 0.25) is 17.7 Å². The fourth-order valence-corrected chi connectivity index (χ4v) is 5.07. The van der Waals surface area contributed by atoms with Gasteiger partial charge in [-0.25, -0.2) is 5.48 Å². The van der Waals surface area contributed by atoms with Crippen molar-refractivity contribution in [2.45, 2.75) is 76.7 Å². The molecule has 8 heteroatoms. The predicted molar refractivity (Wildman–Crippen MR) is 141 cm³/mol. The van der Waals surface area contributed by atoms with E-state index in [-0.39, 0.29) is 18.2 Å². The van der Waals surface area contributed by atoms with Crippen molar-refractivity contribution in [2.24, 2.45) is 11.8 Å². The summed E-state index contributed by atoms with van der Waals surface area (Å²) in [5, 5.41) is 15.0. The largest absolute Gasteiger partial charge is 0.354 e. The number of aromatic nitrogens is 1. The summed E-state index contributed by atoms with van der Waals surface area (Å²) >= 11 is 0. The average Bonchev–Trinajstić information content (AvgIpc) is 2.93. The number of carbonyl (C=O) groups excluding carboxylic acids is 3. The lowest BCUT2D eigenvalue weighted by molar-refractivity contribution is -0.136. The Morgan fingerprint density at radius 1 is 0.919 bits per heavy atom. The second-order valence-electron chi connectivity index (χ2n) is 10.0. The van der Waals surface area contributed by atoms with Crippen LogP contribution in [0.25, 0.3) is 0 Å². The van der Waals surface area contributed by atoms with E-state index in [1.807, 2.05) is 42.5 Å². The number of nitrogens with one attached hydrogen (secondary N) is 3. The highest BCUT2D eigenvalue weighted by Gasteiger charge is 2.29. The molecule has 1 heterocycles. The molecule has 0 bridgehead atoms. The van der Waals surface area contributed by atoms with Crippen molar-refractivity contribution >= 4 is 17.7 Å². The molecule has 0 spiro atoms. The third kappa shape index (κ3) is 10.3. The summed E-state index contributed by atoms with van der Waals surface area (Å²) < 4.78 is 0. The number of rotatable bonds is 14. The first-order chi connectivity index (χ1) is 18.0. The fourth-order valence-electron chi connectivity index (χ4n) is 5.07. The van der Waals surface area contributed by atoms with Gasteiger partial charge in [-0.1, -0.05) is 62.4 Å². The number of carbonyl (C=O) groups is 3. The molecular weight excluding hydrogens is 468 g/mol. The Kier molecular flexibility index (Phi) is 12.1. The molecular formula is C29H40N4O4. The van der Waals surface area contributed by atoms with E-state index in [1.54, 1.807) is 17.9 Å². The first-order valence-electron chi connectivity index (χ1n) is 13.5. The molecule has 2 atom stereocenters. The molecule has 0 aliphatic heterocycles. The second kappa shape index (κ2) is 15.8. The van der Waals surface area contributed by atoms with Gasteiger partial charge in [-0.3, -0.25) is 24.6 Å². The number of benzene rings is 1. The van der Waals surface area contributed by atoms with Crippen molar-refractivity contribution in [2.75, 3.05) is 6.54 Å². The molecule has 0 saturated heterocycles. The van der Waals surface area contributed by atoms with E-state index >= 15 is 0 Å². The van der Waals surface area contributed by atoms with Gasteiger partial charge in [-0.15, -0.1) is 0 Å². The molecule has 1 aromatic carbocycles. The van der Waals surface area contributed by atoms with E-state index in [9.17, 15) is 14.4 Å². The van der Waals surface area contributed by atoms with Gasteiger partial charge >= 0.3 is 0 Å². The van der Waals surface area contributed by atoms with Crippen LogP contribution in [-0.2, 0) is 27.2 Å². The summed E-state index contributed by atoms with van der Waals surface area (Å²) in [5.41, 5.74) is 3.88. The van der Waals surface area contributed by atoms with Crippen LogP contribution in [-0.4, -0.2) is 40.5 Å². The van der Waals surface area contributed by atoms with Gasteiger partial charge in [-0.2, -0.15) is 0 Å². The highest BCUT2D eigenvalue weighted by atomic mass is 16.5. The highest BCUT2D eigenvalue weighted by Crippen LogP contribution is 2.27. The number of pyridine rings is 1. The zero-order valence-corrected chi connectivity index (χ0v) is 21.5. The van der Waals surface area contributed by atoms with Gasteiger partial charge < -0.3 is 10.6 Å². The normalized spacial score (nSPS) is 15.4. The molecule has 8 nitrogen and oxygen atoms in total. The molecule has 0 unspecified atom stereocenters. The van der Waals surface area contributed by atoms with Crippen LogP contribution in [0.2, 0.25) is 0 Å². The Morgan fingerprint density at radius 2 is 1.62 bits per heavy atom. The first-order valence-corrected chi connectivity index (χ1v) is 13.5. The lowest BCUT2D eigenvalue weighted by Gasteiger charge is -2.28. The van der Waals surface area contributed by atoms with Crippen LogP contribution >= 0.6 is 0 Å². The van der Waals surface area contributed by atoms with Gasteiger partial charge in [-0.05, 0) is 61.3 Å². The van der Waals surface area contributed by atoms with Crippen molar-refractivity contribution in [3.05, 3.63) is 66.0 Å². The van der Waals surface area contributed by atoms with E-state index in [4.69, 9.17) is 5.21 Å². The van der Waals surface area contributed by atoms with Crippen molar-refractivity contribution in [1.82, 2.24) is 21.1 Å². The molecule has 2 aromatic rings. The van der Waals surface area contributed by atoms with E-state index in [2.05, 4.69) is 15.6 Å². The number of aryl methyl sites for hydroxylation is 1. The molecule has 1 aliphatic carbocycles. The summed E-state index contributed by atoms with van der Waals surface area (Å²) in [6, 6.07) is 13.2. The van der Waals surface area contributed by atoms with E-state index in [0.29, 0.717) is 38.1 Å². The molecule has 1 aliphatic rings. The van der Waals surface area contributed by atoms with Crippen LogP contribution in [0.3, 0.4) is 0 Å². The van der Waals surface area contributed by atoms with Crippen LogP contribution < -0.4 is 16.1 Å². The number of amides is 3. The van der Waals surface area contributed by atoms with Crippen LogP contribution in [0.1, 0.15) is 68.9 Å². The third-order valence-electron chi connectivity index (χ3n) is 7.18. The zero-order chi connectivity index (χ0) is 26.3. The molecule has 4 N–H and O–H groups in total. The number of hydrogen-bond donors (Lipinski definition) is 4. The van der Waals surface area contributed by atoms with Crippen molar-refractivity contribution in [3.63, 3.8) is 0 Å². The van der Waals surface area contributed by atoms with Gasteiger partial charge in [0, 0.05) is 31.3 Å². The molecule has 1 saturated carbocycles. The highest BCUT2D eigenvalue weighted by molar-refractivity contribution is 5.90. The summed E-state index contributed by atoms with van der Waals surface area (Å²) in [7, 11) is 0. The Bertz CT molecular complexity index is 964. The van der Waals surface area contributed by atoms with Crippen LogP contribution in [0.5, 0.6) is 0 Å². The lowest BCUT2D eigenvalue weighted by atomic mass is 9.84. The van der Waals surface area contributed by atoms with Gasteiger partial charge in [0.15, 0.2) is 0 Å². The van der Waals surface area contributed by atoms with Crippen molar-refractivity contribution in [3.8, 4) is 0 Å². The minimum absolute atomic E-state index is 0.134. The van der Waals surface area contributed by atoms with Crippen LogP contribution in [0.15, 0.2) is 54.9 Å². The lowest BCUT2D eigenvalue weighted by Crippen LogP contribution is -2.50. The van der Waals surface area contributed by atoms with Gasteiger partial charge in [0.1, 0.15) is 6.04 Å². The topological polar surface area (TPSA) is 120 Å². The Hall–Kier alpha value is -3.26. The monoisotopic (exact) mass is 508 g/mol. The second-order valence-corrected chi connectivity index (χ2v) is 10.0. The summed E-state index contributed by atoms with van der Waals surface area (Å²) in [6.45, 7) is 0.488. The SMILES string of the molecule is O=C(C[C@@H](CCCc1ccncc1)C(=O)N[C@@H](CC1CCCCC1)C(=O)NCCc1ccccc1)NO. The van der Waals surface area contributed by atoms with E-state index in [0.717, 1.165) is 43.2 Å². The molecule has 1 aromatic heterocycles. The van der Waals surface area contributed by atoms with Crippen LogP contribution in [0.4, 0.5) is 0 Å². The molecule has 37 heavy (non-hydrogen) atoms. The first kappa shape index (κ1) is 28.3. The number of hydrogen-bond acceptors (Lipinski definition) is 5. The maximum atomic E-state index is 13.3. The predicted octanol–water partition coefficient (Wildman–Crippen LogP) is 3.73. The standard InChI is InChI=1S/C29H40N4O4/c34-27(33-37)21-25(13-7-12-23-14-17-30-18-15-23)28(35)32-26(20-24-10-5-2-6-11-24)29(36)31-19-16-22-8-3-1-4-9-22/h1,3-4,8-9,14-15,17-18,24-26,37H,2,5-7,10-13,16,19-21H2,(H,31,36)(H,32,35)(H,33,34)/t25-,26+/m1/s1. The zero-order valence-electron chi connectivity index (χ0n) is 21.5. The minimum atomic E-state index is -0.647.